The fourth-order valence-corrected chi connectivity index (χ4v) is 1.65. The van der Waals surface area contributed by atoms with Crippen LogP contribution in [-0.4, -0.2) is 33.2 Å². The molecule has 0 fully saturated rings. The molecule has 92 valence electrons. The van der Waals surface area contributed by atoms with E-state index in [1.54, 1.807) is 4.72 Å². The third-order valence-electron chi connectivity index (χ3n) is 1.44. The van der Waals surface area contributed by atoms with Crippen molar-refractivity contribution in [2.45, 2.75) is 12.3 Å². The van der Waals surface area contributed by atoms with Gasteiger partial charge in [0.25, 0.3) is 5.92 Å². The smallest absolute Gasteiger partial charge is 0.273 e. The summed E-state index contributed by atoms with van der Waals surface area (Å²) in [5, 5.41) is 0. The topological polar surface area (TPSA) is 72.2 Å². The molecule has 0 heterocycles. The molecule has 0 aliphatic heterocycles. The largest absolute Gasteiger partial charge is 0.325 e. The third kappa shape index (κ3) is 8.73. The average Bonchev–Trinajstić information content (AvgIpc) is 2.12. The van der Waals surface area contributed by atoms with Crippen LogP contribution in [0.5, 0.6) is 0 Å². The highest BCUT2D eigenvalue weighted by molar-refractivity contribution is 7.89. The number of nitrogens with two attached hydrogens (primary N) is 1. The van der Waals surface area contributed by atoms with E-state index in [1.165, 1.54) is 6.08 Å². The summed E-state index contributed by atoms with van der Waals surface area (Å²) in [6.45, 7) is 1.50. The van der Waals surface area contributed by atoms with Crippen LogP contribution in [0.25, 0.3) is 0 Å². The number of hydrogen-bond donors (Lipinski definition) is 2. The van der Waals surface area contributed by atoms with E-state index in [9.17, 15) is 17.2 Å². The number of hydrogen-bond acceptors (Lipinski definition) is 3. The molecule has 0 aliphatic carbocycles. The lowest BCUT2D eigenvalue weighted by Crippen LogP contribution is -2.42. The van der Waals surface area contributed by atoms with Crippen molar-refractivity contribution in [1.82, 2.24) is 4.72 Å². The fraction of sp³-hybridized carbons (Fsp3) is 0.714. The van der Waals surface area contributed by atoms with Crippen LogP contribution in [0.15, 0.2) is 12.7 Å². The Labute approximate surface area is 94.4 Å². The predicted molar refractivity (Wildman–Crippen MR) is 57.9 cm³/mol. The van der Waals surface area contributed by atoms with Gasteiger partial charge in [0, 0.05) is 0 Å². The van der Waals surface area contributed by atoms with Gasteiger partial charge >= 0.3 is 0 Å². The van der Waals surface area contributed by atoms with Gasteiger partial charge in [-0.2, -0.15) is 0 Å². The van der Waals surface area contributed by atoms with Crippen LogP contribution >= 0.6 is 12.4 Å². The first-order valence-electron chi connectivity index (χ1n) is 3.99. The molecule has 8 heteroatoms. The summed E-state index contributed by atoms with van der Waals surface area (Å²) in [6.07, 6.45) is 1.63. The number of allylic oxidation sites excluding steroid dienone is 1. The van der Waals surface area contributed by atoms with Crippen LogP contribution < -0.4 is 10.5 Å². The van der Waals surface area contributed by atoms with Gasteiger partial charge in [-0.15, -0.1) is 19.0 Å². The molecule has 0 aromatic rings. The normalized spacial score (nSPS) is 11.9. The van der Waals surface area contributed by atoms with Crippen LogP contribution in [0.4, 0.5) is 8.78 Å². The fourth-order valence-electron chi connectivity index (χ4n) is 0.598. The van der Waals surface area contributed by atoms with Gasteiger partial charge in [-0.05, 0) is 6.42 Å². The Kier molecular flexibility index (Phi) is 8.13. The Morgan fingerprint density at radius 2 is 2.00 bits per heavy atom. The highest BCUT2D eigenvalue weighted by Gasteiger charge is 2.28. The minimum Gasteiger partial charge on any atom is -0.325 e. The van der Waals surface area contributed by atoms with Crippen molar-refractivity contribution in [3.8, 4) is 0 Å². The zero-order valence-electron chi connectivity index (χ0n) is 8.08. The van der Waals surface area contributed by atoms with E-state index in [1.807, 2.05) is 0 Å². The molecule has 0 rings (SSSR count). The molecule has 15 heavy (non-hydrogen) atoms. The number of sulfonamides is 1. The van der Waals surface area contributed by atoms with Crippen LogP contribution in [0, 0.1) is 0 Å². The molecule has 0 saturated heterocycles. The Bertz CT molecular complexity index is 283. The summed E-state index contributed by atoms with van der Waals surface area (Å²) in [6, 6.07) is 0. The molecule has 0 radical (unpaired) electrons. The summed E-state index contributed by atoms with van der Waals surface area (Å²) >= 11 is 0. The van der Waals surface area contributed by atoms with Gasteiger partial charge in [-0.25, -0.2) is 21.9 Å². The lowest BCUT2D eigenvalue weighted by atomic mass is 10.3. The lowest BCUT2D eigenvalue weighted by Gasteiger charge is -2.14. The molecule has 0 aromatic carbocycles. The van der Waals surface area contributed by atoms with Gasteiger partial charge in [0.05, 0.1) is 18.8 Å². The van der Waals surface area contributed by atoms with E-state index < -0.39 is 29.0 Å². The SMILES string of the molecule is C=CCCS(=O)(=O)NCC(F)(F)CN.Cl. The second-order valence-electron chi connectivity index (χ2n) is 2.78. The molecule has 0 aromatic heterocycles. The summed E-state index contributed by atoms with van der Waals surface area (Å²) < 4.78 is 48.9. The molecule has 0 amide bonds. The van der Waals surface area contributed by atoms with Crippen molar-refractivity contribution in [2.75, 3.05) is 18.8 Å². The number of nitrogens with one attached hydrogen (secondary N) is 1. The summed E-state index contributed by atoms with van der Waals surface area (Å²) in [7, 11) is -3.64. The first-order valence-corrected chi connectivity index (χ1v) is 5.64. The Balaban J connectivity index is 0. The first kappa shape index (κ1) is 17.2. The Hall–Kier alpha value is -0.240. The monoisotopic (exact) mass is 264 g/mol. The van der Waals surface area contributed by atoms with Crippen LogP contribution in [0.3, 0.4) is 0 Å². The van der Waals surface area contributed by atoms with E-state index in [4.69, 9.17) is 5.73 Å². The van der Waals surface area contributed by atoms with Gasteiger partial charge in [-0.1, -0.05) is 6.08 Å². The van der Waals surface area contributed by atoms with E-state index in [2.05, 4.69) is 6.58 Å². The first-order chi connectivity index (χ1) is 6.33. The number of halogens is 3. The van der Waals surface area contributed by atoms with Crippen molar-refractivity contribution >= 4 is 22.4 Å². The van der Waals surface area contributed by atoms with E-state index in [0.29, 0.717) is 0 Å². The molecular formula is C7H15ClF2N2O2S. The maximum atomic E-state index is 12.5. The maximum absolute atomic E-state index is 12.5. The standard InChI is InChI=1S/C7H14F2N2O2S.ClH/c1-2-3-4-14(12,13)11-6-7(8,9)5-10;/h2,11H,1,3-6,10H2;1H. The molecule has 0 atom stereocenters. The van der Waals surface area contributed by atoms with E-state index in [-0.39, 0.29) is 24.6 Å². The Morgan fingerprint density at radius 3 is 2.40 bits per heavy atom. The van der Waals surface area contributed by atoms with Crippen LogP contribution in [0.1, 0.15) is 6.42 Å². The summed E-state index contributed by atoms with van der Waals surface area (Å²) in [5.74, 6) is -3.43. The second kappa shape index (κ2) is 7.10. The van der Waals surface area contributed by atoms with E-state index in [0.717, 1.165) is 0 Å². The van der Waals surface area contributed by atoms with Crippen molar-refractivity contribution in [2.24, 2.45) is 5.73 Å². The van der Waals surface area contributed by atoms with Crippen molar-refractivity contribution in [3.05, 3.63) is 12.7 Å². The van der Waals surface area contributed by atoms with Gasteiger partial charge in [-0.3, -0.25) is 0 Å². The van der Waals surface area contributed by atoms with Crippen molar-refractivity contribution in [1.29, 1.82) is 0 Å². The molecule has 0 aliphatic rings. The van der Waals surface area contributed by atoms with Crippen molar-refractivity contribution < 1.29 is 17.2 Å². The zero-order valence-corrected chi connectivity index (χ0v) is 9.71. The second-order valence-corrected chi connectivity index (χ2v) is 4.70. The number of rotatable bonds is 7. The molecule has 4 nitrogen and oxygen atoms in total. The van der Waals surface area contributed by atoms with Crippen LogP contribution in [-0.2, 0) is 10.0 Å². The third-order valence-corrected chi connectivity index (χ3v) is 2.80. The summed E-state index contributed by atoms with van der Waals surface area (Å²) in [5.41, 5.74) is 4.73. The van der Waals surface area contributed by atoms with Crippen molar-refractivity contribution in [3.63, 3.8) is 0 Å². The average molecular weight is 265 g/mol. The minimum atomic E-state index is -3.64. The highest BCUT2D eigenvalue weighted by Crippen LogP contribution is 2.09. The predicted octanol–water partition coefficient (Wildman–Crippen LogP) is 0.498. The summed E-state index contributed by atoms with van der Waals surface area (Å²) in [4.78, 5) is 0. The van der Waals surface area contributed by atoms with E-state index >= 15 is 0 Å². The quantitative estimate of drug-likeness (QED) is 0.658. The minimum absolute atomic E-state index is 0. The zero-order chi connectivity index (χ0) is 11.2. The maximum Gasteiger partial charge on any atom is 0.273 e. The molecule has 3 N–H and O–H groups in total. The molecule has 0 bridgehead atoms. The van der Waals surface area contributed by atoms with Gasteiger partial charge in [0.15, 0.2) is 0 Å². The highest BCUT2D eigenvalue weighted by atomic mass is 35.5. The van der Waals surface area contributed by atoms with Crippen LogP contribution in [0.2, 0.25) is 0 Å². The molecule has 0 saturated carbocycles. The number of alkyl halides is 2. The molecular weight excluding hydrogens is 250 g/mol. The van der Waals surface area contributed by atoms with Gasteiger partial charge < -0.3 is 5.73 Å². The lowest BCUT2D eigenvalue weighted by molar-refractivity contribution is 0.0170. The van der Waals surface area contributed by atoms with Gasteiger partial charge in [0.1, 0.15) is 0 Å². The molecule has 0 spiro atoms. The Morgan fingerprint density at radius 1 is 1.47 bits per heavy atom. The van der Waals surface area contributed by atoms with Gasteiger partial charge in [0.2, 0.25) is 10.0 Å². The molecule has 0 unspecified atom stereocenters.